The highest BCUT2D eigenvalue weighted by Gasteiger charge is 2.16. The molecule has 0 bridgehead atoms. The van der Waals surface area contributed by atoms with Gasteiger partial charge >= 0.3 is 0 Å². The molecule has 0 fully saturated rings. The maximum Gasteiger partial charge on any atom is 0.249 e. The topological polar surface area (TPSA) is 89.3 Å². The zero-order chi connectivity index (χ0) is 12.2. The molecular weight excluding hydrogens is 228 g/mol. The van der Waals surface area contributed by atoms with Gasteiger partial charge in [0.1, 0.15) is 5.75 Å². The summed E-state index contributed by atoms with van der Waals surface area (Å²) in [5.74, 6) is 3.39. The third kappa shape index (κ3) is 4.00. The van der Waals surface area contributed by atoms with Gasteiger partial charge in [0.15, 0.2) is 9.84 Å². The highest BCUT2D eigenvalue weighted by Crippen LogP contribution is 2.08. The van der Waals surface area contributed by atoms with Crippen LogP contribution in [0.25, 0.3) is 0 Å². The molecule has 1 aromatic rings. The van der Waals surface area contributed by atoms with Gasteiger partial charge in [-0.25, -0.2) is 14.3 Å². The summed E-state index contributed by atoms with van der Waals surface area (Å²) in [4.78, 5) is 10.9. The van der Waals surface area contributed by atoms with Crippen LogP contribution in [0.15, 0.2) is 24.3 Å². The van der Waals surface area contributed by atoms with E-state index in [9.17, 15) is 13.2 Å². The summed E-state index contributed by atoms with van der Waals surface area (Å²) in [6, 6.07) is 7.11. The van der Waals surface area contributed by atoms with Crippen molar-refractivity contribution >= 4 is 15.7 Å². The normalized spacial score (nSPS) is 11.1. The Bertz CT molecular complexity index is 465. The largest absolute Gasteiger partial charge is 0.293 e. The van der Waals surface area contributed by atoms with Crippen molar-refractivity contribution in [3.05, 3.63) is 35.4 Å². The van der Waals surface area contributed by atoms with Crippen molar-refractivity contribution in [2.24, 2.45) is 5.84 Å². The minimum absolute atomic E-state index is 0.152. The van der Waals surface area contributed by atoms with Gasteiger partial charge in [-0.2, -0.15) is 0 Å². The fraction of sp³-hybridized carbons (Fsp3) is 0.300. The number of hydrogen-bond acceptors (Lipinski definition) is 4. The zero-order valence-electron chi connectivity index (χ0n) is 8.93. The molecule has 0 heterocycles. The van der Waals surface area contributed by atoms with Crippen molar-refractivity contribution in [1.82, 2.24) is 5.43 Å². The Morgan fingerprint density at radius 3 is 2.38 bits per heavy atom. The molecule has 0 radical (unpaired) electrons. The van der Waals surface area contributed by atoms with Crippen molar-refractivity contribution in [2.75, 3.05) is 5.75 Å². The molecule has 16 heavy (non-hydrogen) atoms. The summed E-state index contributed by atoms with van der Waals surface area (Å²) >= 11 is 0. The van der Waals surface area contributed by atoms with E-state index in [4.69, 9.17) is 5.84 Å². The molecule has 6 heteroatoms. The van der Waals surface area contributed by atoms with Crippen LogP contribution in [0.2, 0.25) is 0 Å². The van der Waals surface area contributed by atoms with Crippen LogP contribution < -0.4 is 11.3 Å². The maximum atomic E-state index is 11.5. The van der Waals surface area contributed by atoms with Crippen molar-refractivity contribution in [3.8, 4) is 0 Å². The first-order chi connectivity index (χ1) is 7.43. The first kappa shape index (κ1) is 12.7. The average molecular weight is 242 g/mol. The number of nitrogens with two attached hydrogens (primary N) is 1. The summed E-state index contributed by atoms with van der Waals surface area (Å²) in [5, 5.41) is 0. The van der Waals surface area contributed by atoms with Crippen molar-refractivity contribution in [2.45, 2.75) is 12.7 Å². The molecule has 88 valence electrons. The van der Waals surface area contributed by atoms with Gasteiger partial charge in [0.2, 0.25) is 5.91 Å². The van der Waals surface area contributed by atoms with E-state index in [0.717, 1.165) is 5.56 Å². The Hall–Kier alpha value is -1.40. The van der Waals surface area contributed by atoms with Crippen LogP contribution in [0.1, 0.15) is 11.1 Å². The van der Waals surface area contributed by atoms with Gasteiger partial charge in [-0.05, 0) is 12.5 Å². The first-order valence-electron chi connectivity index (χ1n) is 4.68. The Morgan fingerprint density at radius 1 is 1.31 bits per heavy atom. The molecule has 0 aromatic heterocycles. The standard InChI is InChI=1S/C10H14N2O3S/c1-8-2-4-9(5-3-8)6-16(14,15)7-10(13)12-11/h2-5H,6-7,11H2,1H3,(H,12,13). The lowest BCUT2D eigenvalue weighted by molar-refractivity contribution is -0.118. The molecule has 3 N–H and O–H groups in total. The lowest BCUT2D eigenvalue weighted by Gasteiger charge is -2.04. The molecule has 0 unspecified atom stereocenters. The number of sulfone groups is 1. The summed E-state index contributed by atoms with van der Waals surface area (Å²) in [5.41, 5.74) is 3.52. The van der Waals surface area contributed by atoms with Crippen LogP contribution in [0.3, 0.4) is 0 Å². The highest BCUT2D eigenvalue weighted by molar-refractivity contribution is 7.91. The summed E-state index contributed by atoms with van der Waals surface area (Å²) in [7, 11) is -3.45. The van der Waals surface area contributed by atoms with Crippen molar-refractivity contribution in [3.63, 3.8) is 0 Å². The van der Waals surface area contributed by atoms with E-state index in [2.05, 4.69) is 0 Å². The second kappa shape index (κ2) is 5.09. The van der Waals surface area contributed by atoms with Gasteiger partial charge in [-0.3, -0.25) is 10.2 Å². The van der Waals surface area contributed by atoms with Gasteiger partial charge in [0, 0.05) is 0 Å². The Kier molecular flexibility index (Phi) is 4.03. The average Bonchev–Trinajstić information content (AvgIpc) is 2.20. The molecule has 0 saturated carbocycles. The summed E-state index contributed by atoms with van der Waals surface area (Å²) < 4.78 is 23.1. The van der Waals surface area contributed by atoms with E-state index < -0.39 is 21.5 Å². The Labute approximate surface area is 94.5 Å². The third-order valence-corrected chi connectivity index (χ3v) is 3.49. The summed E-state index contributed by atoms with van der Waals surface area (Å²) in [6.07, 6.45) is 0. The van der Waals surface area contributed by atoms with E-state index >= 15 is 0 Å². The molecule has 0 saturated heterocycles. The van der Waals surface area contributed by atoms with Crippen LogP contribution in [0.4, 0.5) is 0 Å². The van der Waals surface area contributed by atoms with Crippen LogP contribution >= 0.6 is 0 Å². The highest BCUT2D eigenvalue weighted by atomic mass is 32.2. The molecule has 1 amide bonds. The molecule has 0 aliphatic rings. The van der Waals surface area contributed by atoms with Gasteiger partial charge < -0.3 is 0 Å². The lowest BCUT2D eigenvalue weighted by Crippen LogP contribution is -2.35. The first-order valence-corrected chi connectivity index (χ1v) is 6.50. The predicted molar refractivity (Wildman–Crippen MR) is 61.0 cm³/mol. The zero-order valence-corrected chi connectivity index (χ0v) is 9.75. The third-order valence-electron chi connectivity index (χ3n) is 2.02. The van der Waals surface area contributed by atoms with E-state index in [1.807, 2.05) is 19.1 Å². The number of aryl methyl sites for hydroxylation is 1. The fourth-order valence-electron chi connectivity index (χ4n) is 1.23. The quantitative estimate of drug-likeness (QED) is 0.438. The van der Waals surface area contributed by atoms with Crippen molar-refractivity contribution in [1.29, 1.82) is 0 Å². The van der Waals surface area contributed by atoms with Crippen LogP contribution in [0.5, 0.6) is 0 Å². The molecule has 0 atom stereocenters. The number of carbonyl (C=O) groups is 1. The molecule has 5 nitrogen and oxygen atoms in total. The minimum atomic E-state index is -3.45. The van der Waals surface area contributed by atoms with E-state index in [0.29, 0.717) is 5.56 Å². The number of benzene rings is 1. The number of carbonyl (C=O) groups excluding carboxylic acids is 1. The Morgan fingerprint density at radius 2 is 1.88 bits per heavy atom. The summed E-state index contributed by atoms with van der Waals surface area (Å²) in [6.45, 7) is 1.92. The number of nitrogens with one attached hydrogen (secondary N) is 1. The van der Waals surface area contributed by atoms with Crippen LogP contribution in [-0.4, -0.2) is 20.1 Å². The second-order valence-electron chi connectivity index (χ2n) is 3.59. The maximum absolute atomic E-state index is 11.5. The minimum Gasteiger partial charge on any atom is -0.293 e. The van der Waals surface area contributed by atoms with Gasteiger partial charge in [-0.15, -0.1) is 0 Å². The van der Waals surface area contributed by atoms with Gasteiger partial charge in [-0.1, -0.05) is 29.8 Å². The van der Waals surface area contributed by atoms with Crippen LogP contribution in [-0.2, 0) is 20.4 Å². The molecule has 1 rings (SSSR count). The number of hydrogen-bond donors (Lipinski definition) is 2. The monoisotopic (exact) mass is 242 g/mol. The second-order valence-corrected chi connectivity index (χ2v) is 5.65. The van der Waals surface area contributed by atoms with E-state index in [1.54, 1.807) is 17.6 Å². The number of rotatable bonds is 4. The number of hydrazine groups is 1. The Balaban J connectivity index is 2.73. The fourth-order valence-corrected chi connectivity index (χ4v) is 2.52. The van der Waals surface area contributed by atoms with Crippen molar-refractivity contribution < 1.29 is 13.2 Å². The SMILES string of the molecule is Cc1ccc(CS(=O)(=O)CC(=O)NN)cc1. The van der Waals surface area contributed by atoms with Crippen LogP contribution in [0, 0.1) is 6.92 Å². The predicted octanol–water partition coefficient (Wildman–Crippen LogP) is -0.100. The molecule has 1 aromatic carbocycles. The number of amides is 1. The molecule has 0 aliphatic heterocycles. The van der Waals surface area contributed by atoms with Gasteiger partial charge in [0.05, 0.1) is 5.75 Å². The lowest BCUT2D eigenvalue weighted by atomic mass is 10.2. The van der Waals surface area contributed by atoms with E-state index in [-0.39, 0.29) is 5.75 Å². The smallest absolute Gasteiger partial charge is 0.249 e. The molecule has 0 spiro atoms. The van der Waals surface area contributed by atoms with E-state index in [1.165, 1.54) is 0 Å². The van der Waals surface area contributed by atoms with Gasteiger partial charge in [0.25, 0.3) is 0 Å². The molecule has 0 aliphatic carbocycles. The molecular formula is C10H14N2O3S.